The fraction of sp³-hybridized carbons (Fsp3) is 0.435. The number of quaternary nitrogens is 1. The van der Waals surface area contributed by atoms with Crippen molar-refractivity contribution in [1.82, 2.24) is 5.32 Å². The SMILES string of the molecule is CCOc1cc(C(=O)NCc2ccccc2C[NH+](C)C)ccc1OCC(C)C. The lowest BCUT2D eigenvalue weighted by atomic mass is 10.1. The molecule has 0 radical (unpaired) electrons. The molecule has 0 unspecified atom stereocenters. The van der Waals surface area contributed by atoms with Crippen molar-refractivity contribution < 1.29 is 19.2 Å². The molecule has 152 valence electrons. The molecule has 0 atom stereocenters. The Labute approximate surface area is 168 Å². The zero-order valence-electron chi connectivity index (χ0n) is 17.7. The summed E-state index contributed by atoms with van der Waals surface area (Å²) in [6.45, 7) is 8.65. The van der Waals surface area contributed by atoms with Gasteiger partial charge in [-0.1, -0.05) is 38.1 Å². The van der Waals surface area contributed by atoms with E-state index in [2.05, 4.69) is 45.4 Å². The molecule has 0 aliphatic heterocycles. The number of ether oxygens (including phenoxy) is 2. The molecule has 0 bridgehead atoms. The Balaban J connectivity index is 2.09. The third-order valence-corrected chi connectivity index (χ3v) is 4.18. The van der Waals surface area contributed by atoms with E-state index in [1.165, 1.54) is 10.5 Å². The largest absolute Gasteiger partial charge is 0.490 e. The summed E-state index contributed by atoms with van der Waals surface area (Å²) in [5, 5.41) is 3.02. The van der Waals surface area contributed by atoms with Crippen molar-refractivity contribution in [3.63, 3.8) is 0 Å². The zero-order valence-corrected chi connectivity index (χ0v) is 17.7. The predicted octanol–water partition coefficient (Wildman–Crippen LogP) is 2.69. The Kier molecular flexibility index (Phi) is 8.33. The van der Waals surface area contributed by atoms with E-state index in [1.54, 1.807) is 12.1 Å². The number of rotatable bonds is 10. The molecule has 5 heteroatoms. The van der Waals surface area contributed by atoms with Gasteiger partial charge >= 0.3 is 0 Å². The molecule has 0 aromatic heterocycles. The summed E-state index contributed by atoms with van der Waals surface area (Å²) in [5.41, 5.74) is 2.95. The molecule has 2 aromatic carbocycles. The van der Waals surface area contributed by atoms with Gasteiger partial charge in [-0.05, 0) is 36.6 Å². The maximum absolute atomic E-state index is 12.7. The van der Waals surface area contributed by atoms with Gasteiger partial charge in [0.05, 0.1) is 27.3 Å². The molecule has 0 saturated heterocycles. The molecular formula is C23H33N2O3+. The molecular weight excluding hydrogens is 352 g/mol. The van der Waals surface area contributed by atoms with Crippen molar-refractivity contribution in [2.45, 2.75) is 33.9 Å². The highest BCUT2D eigenvalue weighted by Gasteiger charge is 2.13. The minimum Gasteiger partial charge on any atom is -0.490 e. The fourth-order valence-corrected chi connectivity index (χ4v) is 2.85. The van der Waals surface area contributed by atoms with E-state index in [0.29, 0.717) is 42.7 Å². The van der Waals surface area contributed by atoms with Gasteiger partial charge in [0.15, 0.2) is 11.5 Å². The van der Waals surface area contributed by atoms with Crippen LogP contribution in [0.2, 0.25) is 0 Å². The van der Waals surface area contributed by atoms with Crippen LogP contribution in [0.25, 0.3) is 0 Å². The normalized spacial score (nSPS) is 11.0. The van der Waals surface area contributed by atoms with Crippen molar-refractivity contribution in [3.8, 4) is 11.5 Å². The van der Waals surface area contributed by atoms with Crippen LogP contribution in [0, 0.1) is 5.92 Å². The maximum atomic E-state index is 12.7. The number of hydrogen-bond donors (Lipinski definition) is 2. The molecule has 1 amide bonds. The lowest BCUT2D eigenvalue weighted by Crippen LogP contribution is -3.04. The van der Waals surface area contributed by atoms with Crippen LogP contribution in [-0.2, 0) is 13.1 Å². The summed E-state index contributed by atoms with van der Waals surface area (Å²) >= 11 is 0. The van der Waals surface area contributed by atoms with Crippen molar-refractivity contribution in [1.29, 1.82) is 0 Å². The Morgan fingerprint density at radius 2 is 1.75 bits per heavy atom. The van der Waals surface area contributed by atoms with Crippen molar-refractivity contribution in [2.75, 3.05) is 27.3 Å². The predicted molar refractivity (Wildman–Crippen MR) is 112 cm³/mol. The highest BCUT2D eigenvalue weighted by molar-refractivity contribution is 5.94. The molecule has 28 heavy (non-hydrogen) atoms. The van der Waals surface area contributed by atoms with Gasteiger partial charge in [0.2, 0.25) is 0 Å². The molecule has 0 aliphatic carbocycles. The first-order chi connectivity index (χ1) is 13.4. The lowest BCUT2D eigenvalue weighted by molar-refractivity contribution is -0.872. The first kappa shape index (κ1) is 21.8. The third-order valence-electron chi connectivity index (χ3n) is 4.18. The average Bonchev–Trinajstić information content (AvgIpc) is 2.65. The second-order valence-electron chi connectivity index (χ2n) is 7.63. The number of carbonyl (C=O) groups is 1. The van der Waals surface area contributed by atoms with Gasteiger partial charge < -0.3 is 19.7 Å². The van der Waals surface area contributed by atoms with Gasteiger partial charge in [-0.2, -0.15) is 0 Å². The monoisotopic (exact) mass is 385 g/mol. The Bertz CT molecular complexity index is 772. The zero-order chi connectivity index (χ0) is 20.5. The third kappa shape index (κ3) is 6.57. The number of hydrogen-bond acceptors (Lipinski definition) is 3. The standard InChI is InChI=1S/C23H32N2O3/c1-6-27-22-13-18(11-12-21(22)28-16-17(2)3)23(26)24-14-19-9-7-8-10-20(19)15-25(4)5/h7-13,17H,6,14-16H2,1-5H3,(H,24,26)/p+1. The van der Waals surface area contributed by atoms with Gasteiger partial charge in [-0.3, -0.25) is 4.79 Å². The Hall–Kier alpha value is -2.53. The minimum absolute atomic E-state index is 0.122. The van der Waals surface area contributed by atoms with Crippen molar-refractivity contribution in [3.05, 3.63) is 59.2 Å². The van der Waals surface area contributed by atoms with Crippen LogP contribution in [-0.4, -0.2) is 33.2 Å². The molecule has 0 spiro atoms. The van der Waals surface area contributed by atoms with Crippen LogP contribution in [0.5, 0.6) is 11.5 Å². The number of nitrogens with one attached hydrogen (secondary N) is 2. The van der Waals surface area contributed by atoms with Gasteiger partial charge in [0.25, 0.3) is 5.91 Å². The fourth-order valence-electron chi connectivity index (χ4n) is 2.85. The summed E-state index contributed by atoms with van der Waals surface area (Å²) in [5.74, 6) is 1.57. The van der Waals surface area contributed by atoms with Crippen molar-refractivity contribution >= 4 is 5.91 Å². The van der Waals surface area contributed by atoms with Crippen LogP contribution >= 0.6 is 0 Å². The van der Waals surface area contributed by atoms with E-state index < -0.39 is 0 Å². The van der Waals surface area contributed by atoms with Crippen LogP contribution in [0.3, 0.4) is 0 Å². The topological polar surface area (TPSA) is 52.0 Å². The molecule has 0 fully saturated rings. The summed E-state index contributed by atoms with van der Waals surface area (Å²) < 4.78 is 11.5. The van der Waals surface area contributed by atoms with E-state index in [9.17, 15) is 4.79 Å². The maximum Gasteiger partial charge on any atom is 0.251 e. The molecule has 0 heterocycles. The number of carbonyl (C=O) groups excluding carboxylic acids is 1. The second-order valence-corrected chi connectivity index (χ2v) is 7.63. The Morgan fingerprint density at radius 1 is 1.04 bits per heavy atom. The van der Waals surface area contributed by atoms with Crippen molar-refractivity contribution in [2.24, 2.45) is 5.92 Å². The molecule has 0 saturated carbocycles. The quantitative estimate of drug-likeness (QED) is 0.661. The minimum atomic E-state index is -0.122. The van der Waals surface area contributed by atoms with Crippen LogP contribution < -0.4 is 19.7 Å². The smallest absolute Gasteiger partial charge is 0.251 e. The van der Waals surface area contributed by atoms with E-state index in [4.69, 9.17) is 9.47 Å². The van der Waals surface area contributed by atoms with Crippen LogP contribution in [0.4, 0.5) is 0 Å². The first-order valence-electron chi connectivity index (χ1n) is 9.94. The molecule has 0 aliphatic rings. The van der Waals surface area contributed by atoms with Gasteiger partial charge in [0.1, 0.15) is 6.54 Å². The van der Waals surface area contributed by atoms with Gasteiger partial charge in [-0.25, -0.2) is 0 Å². The van der Waals surface area contributed by atoms with Crippen LogP contribution in [0.15, 0.2) is 42.5 Å². The molecule has 2 rings (SSSR count). The molecule has 2 aromatic rings. The van der Waals surface area contributed by atoms with Gasteiger partial charge in [0, 0.05) is 17.7 Å². The molecule has 5 nitrogen and oxygen atoms in total. The van der Waals surface area contributed by atoms with E-state index >= 15 is 0 Å². The highest BCUT2D eigenvalue weighted by Crippen LogP contribution is 2.29. The highest BCUT2D eigenvalue weighted by atomic mass is 16.5. The molecule has 2 N–H and O–H groups in total. The first-order valence-corrected chi connectivity index (χ1v) is 9.94. The lowest BCUT2D eigenvalue weighted by Gasteiger charge is -2.15. The average molecular weight is 386 g/mol. The summed E-state index contributed by atoms with van der Waals surface area (Å²) in [6, 6.07) is 13.6. The summed E-state index contributed by atoms with van der Waals surface area (Å²) in [6.07, 6.45) is 0. The van der Waals surface area contributed by atoms with Gasteiger partial charge in [-0.15, -0.1) is 0 Å². The second kappa shape index (κ2) is 10.7. The van der Waals surface area contributed by atoms with Crippen LogP contribution in [0.1, 0.15) is 42.3 Å². The number of amides is 1. The number of benzene rings is 2. The Morgan fingerprint density at radius 3 is 2.39 bits per heavy atom. The van der Waals surface area contributed by atoms with E-state index in [1.807, 2.05) is 25.1 Å². The van der Waals surface area contributed by atoms with E-state index in [-0.39, 0.29) is 5.91 Å². The summed E-state index contributed by atoms with van der Waals surface area (Å²) in [4.78, 5) is 14.0. The summed E-state index contributed by atoms with van der Waals surface area (Å²) in [7, 11) is 4.24. The van der Waals surface area contributed by atoms with E-state index in [0.717, 1.165) is 12.1 Å².